The van der Waals surface area contributed by atoms with Crippen LogP contribution in [0.1, 0.15) is 30.5 Å². The molecule has 0 spiro atoms. The molecule has 2 nitrogen and oxygen atoms in total. The van der Waals surface area contributed by atoms with E-state index in [1.165, 1.54) is 0 Å². The van der Waals surface area contributed by atoms with Crippen LogP contribution in [0.15, 0.2) is 30.4 Å². The molecule has 1 heterocycles. The van der Waals surface area contributed by atoms with Gasteiger partial charge in [-0.25, -0.2) is 4.39 Å². The van der Waals surface area contributed by atoms with Gasteiger partial charge >= 0.3 is 0 Å². The van der Waals surface area contributed by atoms with Crippen LogP contribution in [0.25, 0.3) is 0 Å². The van der Waals surface area contributed by atoms with Crippen molar-refractivity contribution in [3.05, 3.63) is 47.3 Å². The van der Waals surface area contributed by atoms with E-state index in [0.29, 0.717) is 0 Å². The SMILES string of the molecule is C=C(C)C[C@H](c1ccc(C)cc1F)N1CCNCC1.Cl.Cl. The zero-order chi connectivity index (χ0) is 13.8. The van der Waals surface area contributed by atoms with Gasteiger partial charge in [-0.2, -0.15) is 0 Å². The molecule has 21 heavy (non-hydrogen) atoms. The highest BCUT2D eigenvalue weighted by Gasteiger charge is 2.24. The van der Waals surface area contributed by atoms with E-state index in [2.05, 4.69) is 16.8 Å². The third-order valence-electron chi connectivity index (χ3n) is 3.65. The van der Waals surface area contributed by atoms with E-state index in [1.807, 2.05) is 26.0 Å². The van der Waals surface area contributed by atoms with Gasteiger partial charge in [0.15, 0.2) is 0 Å². The summed E-state index contributed by atoms with van der Waals surface area (Å²) in [6, 6.07) is 5.66. The minimum atomic E-state index is -0.0928. The number of hydrogen-bond acceptors (Lipinski definition) is 2. The molecule has 1 aliphatic heterocycles. The second-order valence-electron chi connectivity index (χ2n) is 5.49. The maximum Gasteiger partial charge on any atom is 0.128 e. The molecule has 1 aliphatic rings. The first kappa shape index (κ1) is 20.4. The molecule has 5 heteroatoms. The summed E-state index contributed by atoms with van der Waals surface area (Å²) in [4.78, 5) is 2.36. The van der Waals surface area contributed by atoms with Gasteiger partial charge in [0.05, 0.1) is 0 Å². The molecule has 0 saturated carbocycles. The molecule has 1 aromatic rings. The molecule has 0 aromatic heterocycles. The molecule has 0 unspecified atom stereocenters. The lowest BCUT2D eigenvalue weighted by Crippen LogP contribution is -2.45. The molecule has 120 valence electrons. The third-order valence-corrected chi connectivity index (χ3v) is 3.65. The van der Waals surface area contributed by atoms with Crippen molar-refractivity contribution in [2.24, 2.45) is 0 Å². The Morgan fingerprint density at radius 2 is 1.95 bits per heavy atom. The van der Waals surface area contributed by atoms with Crippen LogP contribution in [0, 0.1) is 12.7 Å². The van der Waals surface area contributed by atoms with E-state index in [1.54, 1.807) is 6.07 Å². The number of aryl methyl sites for hydroxylation is 1. The minimum absolute atomic E-state index is 0. The van der Waals surface area contributed by atoms with Gasteiger partial charge in [-0.05, 0) is 31.9 Å². The van der Waals surface area contributed by atoms with Crippen molar-refractivity contribution in [3.8, 4) is 0 Å². The number of halogens is 3. The minimum Gasteiger partial charge on any atom is -0.314 e. The predicted molar refractivity (Wildman–Crippen MR) is 92.2 cm³/mol. The fourth-order valence-corrected chi connectivity index (χ4v) is 2.66. The molecule has 1 aromatic carbocycles. The molecule has 1 N–H and O–H groups in total. The summed E-state index contributed by atoms with van der Waals surface area (Å²) < 4.78 is 14.2. The van der Waals surface area contributed by atoms with Crippen LogP contribution in [0.5, 0.6) is 0 Å². The van der Waals surface area contributed by atoms with E-state index in [0.717, 1.165) is 49.3 Å². The Morgan fingerprint density at radius 3 is 2.48 bits per heavy atom. The first-order valence-electron chi connectivity index (χ1n) is 6.93. The van der Waals surface area contributed by atoms with Crippen molar-refractivity contribution in [1.82, 2.24) is 10.2 Å². The Balaban J connectivity index is 0.00000200. The Morgan fingerprint density at radius 1 is 1.33 bits per heavy atom. The van der Waals surface area contributed by atoms with Crippen molar-refractivity contribution in [2.75, 3.05) is 26.2 Å². The third kappa shape index (κ3) is 5.59. The molecule has 1 saturated heterocycles. The van der Waals surface area contributed by atoms with Gasteiger partial charge in [0.25, 0.3) is 0 Å². The summed E-state index contributed by atoms with van der Waals surface area (Å²) in [5.41, 5.74) is 2.87. The van der Waals surface area contributed by atoms with Crippen molar-refractivity contribution in [1.29, 1.82) is 0 Å². The maximum absolute atomic E-state index is 14.2. The van der Waals surface area contributed by atoms with Crippen molar-refractivity contribution < 1.29 is 4.39 Å². The summed E-state index contributed by atoms with van der Waals surface area (Å²) in [5, 5.41) is 3.34. The van der Waals surface area contributed by atoms with E-state index in [-0.39, 0.29) is 36.7 Å². The molecule has 0 radical (unpaired) electrons. The normalized spacial score (nSPS) is 16.5. The van der Waals surface area contributed by atoms with Crippen LogP contribution < -0.4 is 5.32 Å². The lowest BCUT2D eigenvalue weighted by Gasteiger charge is -2.35. The number of hydrogen-bond donors (Lipinski definition) is 1. The monoisotopic (exact) mass is 334 g/mol. The number of nitrogens with zero attached hydrogens (tertiary/aromatic N) is 1. The second-order valence-corrected chi connectivity index (χ2v) is 5.49. The topological polar surface area (TPSA) is 15.3 Å². The van der Waals surface area contributed by atoms with Gasteiger partial charge in [0.2, 0.25) is 0 Å². The standard InChI is InChI=1S/C16H23FN2.2ClH/c1-12(2)10-16(19-8-6-18-7-9-19)14-5-4-13(3)11-15(14)17;;/h4-5,11,16,18H,1,6-10H2,2-3H3;2*1H/t16-;;/m1../s1. The molecule has 0 bridgehead atoms. The fraction of sp³-hybridized carbons (Fsp3) is 0.500. The number of nitrogens with one attached hydrogen (secondary N) is 1. The van der Waals surface area contributed by atoms with Crippen LogP contribution >= 0.6 is 24.8 Å². The highest BCUT2D eigenvalue weighted by Crippen LogP contribution is 2.29. The molecular weight excluding hydrogens is 310 g/mol. The average Bonchev–Trinajstić information content (AvgIpc) is 2.37. The van der Waals surface area contributed by atoms with Gasteiger partial charge in [-0.3, -0.25) is 4.90 Å². The maximum atomic E-state index is 14.2. The molecule has 1 fully saturated rings. The lowest BCUT2D eigenvalue weighted by atomic mass is 9.96. The molecule has 0 amide bonds. The highest BCUT2D eigenvalue weighted by molar-refractivity contribution is 5.85. The zero-order valence-electron chi connectivity index (χ0n) is 12.7. The van der Waals surface area contributed by atoms with Crippen LogP contribution in [0.3, 0.4) is 0 Å². The first-order chi connectivity index (χ1) is 9.08. The van der Waals surface area contributed by atoms with Crippen LogP contribution in [-0.4, -0.2) is 31.1 Å². The Bertz CT molecular complexity index is 460. The fourth-order valence-electron chi connectivity index (χ4n) is 2.66. The summed E-state index contributed by atoms with van der Waals surface area (Å²) in [6.45, 7) is 11.8. The van der Waals surface area contributed by atoms with Gasteiger partial charge in [-0.1, -0.05) is 17.7 Å². The average molecular weight is 335 g/mol. The van der Waals surface area contributed by atoms with Gasteiger partial charge in [0.1, 0.15) is 5.82 Å². The molecule has 0 aliphatic carbocycles. The molecule has 1 atom stereocenters. The first-order valence-corrected chi connectivity index (χ1v) is 6.93. The Kier molecular flexibility index (Phi) is 9.14. The molecular formula is C16H25Cl2FN2. The van der Waals surface area contributed by atoms with E-state index in [4.69, 9.17) is 0 Å². The Hall–Kier alpha value is -0.610. The van der Waals surface area contributed by atoms with Crippen molar-refractivity contribution in [3.63, 3.8) is 0 Å². The van der Waals surface area contributed by atoms with E-state index < -0.39 is 0 Å². The number of benzene rings is 1. The van der Waals surface area contributed by atoms with Crippen LogP contribution in [0.2, 0.25) is 0 Å². The quantitative estimate of drug-likeness (QED) is 0.840. The van der Waals surface area contributed by atoms with E-state index in [9.17, 15) is 4.39 Å². The van der Waals surface area contributed by atoms with Gasteiger partial charge in [0, 0.05) is 37.8 Å². The summed E-state index contributed by atoms with van der Waals surface area (Å²) in [5.74, 6) is -0.0928. The molecule has 2 rings (SSSR count). The number of rotatable bonds is 4. The van der Waals surface area contributed by atoms with Crippen molar-refractivity contribution in [2.45, 2.75) is 26.3 Å². The predicted octanol–water partition coefficient (Wildman–Crippen LogP) is 3.89. The van der Waals surface area contributed by atoms with Crippen LogP contribution in [0.4, 0.5) is 4.39 Å². The second kappa shape index (κ2) is 9.42. The van der Waals surface area contributed by atoms with Gasteiger partial charge in [-0.15, -0.1) is 31.4 Å². The highest BCUT2D eigenvalue weighted by atomic mass is 35.5. The van der Waals surface area contributed by atoms with Gasteiger partial charge < -0.3 is 5.32 Å². The summed E-state index contributed by atoms with van der Waals surface area (Å²) >= 11 is 0. The zero-order valence-corrected chi connectivity index (χ0v) is 14.3. The van der Waals surface area contributed by atoms with Crippen LogP contribution in [-0.2, 0) is 0 Å². The largest absolute Gasteiger partial charge is 0.314 e. The van der Waals surface area contributed by atoms with Crippen molar-refractivity contribution >= 4 is 24.8 Å². The summed E-state index contributed by atoms with van der Waals surface area (Å²) in [6.07, 6.45) is 0.819. The van der Waals surface area contributed by atoms with E-state index >= 15 is 0 Å². The Labute approximate surface area is 139 Å². The summed E-state index contributed by atoms with van der Waals surface area (Å²) in [7, 11) is 0. The smallest absolute Gasteiger partial charge is 0.128 e. The lowest BCUT2D eigenvalue weighted by molar-refractivity contribution is 0.169. The number of piperazine rings is 1.